The molecule has 11 nitrogen and oxygen atoms in total. The van der Waals surface area contributed by atoms with E-state index in [2.05, 4.69) is 15.5 Å². The Bertz CT molecular complexity index is 1630. The van der Waals surface area contributed by atoms with E-state index in [0.717, 1.165) is 21.7 Å². The normalized spacial score (nSPS) is 14.7. The van der Waals surface area contributed by atoms with Gasteiger partial charge in [-0.25, -0.2) is 5.01 Å². The molecule has 2 amide bonds. The van der Waals surface area contributed by atoms with Gasteiger partial charge in [0.2, 0.25) is 0 Å². The zero-order valence-corrected chi connectivity index (χ0v) is 24.2. The van der Waals surface area contributed by atoms with Crippen LogP contribution in [0.15, 0.2) is 70.2 Å². The third-order valence-corrected chi connectivity index (χ3v) is 8.76. The number of nitrogens with zero attached hydrogens (tertiary/aromatic N) is 6. The highest BCUT2D eigenvalue weighted by molar-refractivity contribution is 7.99. The summed E-state index contributed by atoms with van der Waals surface area (Å²) in [7, 11) is 1.75. The molecule has 0 saturated heterocycles. The minimum Gasteiger partial charge on any atom is -0.345 e. The van der Waals surface area contributed by atoms with Crippen LogP contribution in [0.4, 0.5) is 5.69 Å². The van der Waals surface area contributed by atoms with Crippen molar-refractivity contribution in [3.63, 3.8) is 0 Å². The van der Waals surface area contributed by atoms with Crippen molar-refractivity contribution < 1.29 is 14.5 Å². The van der Waals surface area contributed by atoms with E-state index in [1.807, 2.05) is 48.7 Å². The monoisotopic (exact) mass is 589 g/mol. The molecule has 2 aromatic carbocycles. The van der Waals surface area contributed by atoms with Crippen LogP contribution in [0.25, 0.3) is 0 Å². The van der Waals surface area contributed by atoms with E-state index in [1.165, 1.54) is 36.9 Å². The van der Waals surface area contributed by atoms with Crippen LogP contribution >= 0.6 is 23.1 Å². The Morgan fingerprint density at radius 3 is 2.61 bits per heavy atom. The predicted molar refractivity (Wildman–Crippen MR) is 157 cm³/mol. The number of carbonyl (C=O) groups is 2. The first-order chi connectivity index (χ1) is 19.7. The van der Waals surface area contributed by atoms with E-state index in [1.54, 1.807) is 28.0 Å². The number of hydrogen-bond acceptors (Lipinski definition) is 9. The molecule has 41 heavy (non-hydrogen) atoms. The van der Waals surface area contributed by atoms with Crippen LogP contribution in [-0.2, 0) is 18.4 Å². The molecular weight excluding hydrogens is 562 g/mol. The van der Waals surface area contributed by atoms with Gasteiger partial charge in [0.15, 0.2) is 11.0 Å². The number of nitrogens with one attached hydrogen (secondary N) is 1. The zero-order valence-electron chi connectivity index (χ0n) is 22.6. The number of amides is 2. The molecule has 5 rings (SSSR count). The fourth-order valence-corrected chi connectivity index (χ4v) is 6.02. The van der Waals surface area contributed by atoms with E-state index < -0.39 is 10.8 Å². The first-order valence-corrected chi connectivity index (χ1v) is 14.6. The molecular formula is C28H27N7O4S2. The van der Waals surface area contributed by atoms with E-state index >= 15 is 0 Å². The van der Waals surface area contributed by atoms with E-state index in [-0.39, 0.29) is 35.5 Å². The Morgan fingerprint density at radius 2 is 1.90 bits per heavy atom. The third kappa shape index (κ3) is 6.05. The lowest BCUT2D eigenvalue weighted by Gasteiger charge is -2.22. The number of nitro groups is 1. The van der Waals surface area contributed by atoms with Crippen molar-refractivity contribution >= 4 is 46.3 Å². The first-order valence-electron chi connectivity index (χ1n) is 12.8. The lowest BCUT2D eigenvalue weighted by Crippen LogP contribution is -2.28. The van der Waals surface area contributed by atoms with Gasteiger partial charge in [0, 0.05) is 30.7 Å². The summed E-state index contributed by atoms with van der Waals surface area (Å²) < 4.78 is 1.71. The minimum atomic E-state index is -0.515. The maximum Gasteiger partial charge on any atom is 0.273 e. The number of aryl methyl sites for hydroxylation is 1. The van der Waals surface area contributed by atoms with Crippen LogP contribution < -0.4 is 5.32 Å². The molecule has 0 fully saturated rings. The summed E-state index contributed by atoms with van der Waals surface area (Å²) in [4.78, 5) is 37.9. The molecule has 0 aliphatic carbocycles. The Balaban J connectivity index is 1.25. The summed E-state index contributed by atoms with van der Waals surface area (Å²) in [5.74, 6) is -0.0113. The highest BCUT2D eigenvalue weighted by atomic mass is 32.2. The molecule has 0 unspecified atom stereocenters. The number of nitro benzene ring substituents is 1. The van der Waals surface area contributed by atoms with Crippen molar-refractivity contribution in [3.8, 4) is 0 Å². The van der Waals surface area contributed by atoms with Crippen molar-refractivity contribution in [2.75, 3.05) is 5.75 Å². The van der Waals surface area contributed by atoms with Crippen molar-refractivity contribution in [2.24, 2.45) is 12.1 Å². The number of benzene rings is 2. The average molecular weight is 590 g/mol. The second-order valence-corrected chi connectivity index (χ2v) is 11.4. The van der Waals surface area contributed by atoms with Gasteiger partial charge in [-0.3, -0.25) is 19.7 Å². The lowest BCUT2D eigenvalue weighted by molar-refractivity contribution is -0.385. The van der Waals surface area contributed by atoms with Gasteiger partial charge < -0.3 is 9.88 Å². The molecule has 0 spiro atoms. The summed E-state index contributed by atoms with van der Waals surface area (Å²) in [6.07, 6.45) is 0.637. The summed E-state index contributed by atoms with van der Waals surface area (Å²) in [6, 6.07) is 16.3. The zero-order chi connectivity index (χ0) is 29.1. The number of rotatable bonds is 9. The van der Waals surface area contributed by atoms with Gasteiger partial charge in [0.25, 0.3) is 17.5 Å². The fourth-order valence-electron chi connectivity index (χ4n) is 4.52. The van der Waals surface area contributed by atoms with Gasteiger partial charge in [-0.15, -0.1) is 21.5 Å². The summed E-state index contributed by atoms with van der Waals surface area (Å²) in [6.45, 7) is 3.63. The van der Waals surface area contributed by atoms with Crippen molar-refractivity contribution in [1.29, 1.82) is 0 Å². The van der Waals surface area contributed by atoms with Crippen LogP contribution in [0, 0.1) is 24.0 Å². The summed E-state index contributed by atoms with van der Waals surface area (Å²) >= 11 is 2.84. The van der Waals surface area contributed by atoms with Crippen molar-refractivity contribution in [3.05, 3.63) is 103 Å². The SMILES string of the molecule is Cc1ccc([C@@H]2CC(c3cccs3)=NN2C(=O)CSc2nnc(CNC(=O)c3cccc([N+](=O)[O-])c3C)n2C)cc1. The third-order valence-electron chi connectivity index (χ3n) is 6.84. The highest BCUT2D eigenvalue weighted by Gasteiger charge is 2.33. The second-order valence-electron chi connectivity index (χ2n) is 9.53. The van der Waals surface area contributed by atoms with Crippen molar-refractivity contribution in [2.45, 2.75) is 38.0 Å². The Kier molecular flexibility index (Phi) is 8.26. The molecule has 0 saturated carbocycles. The molecule has 4 aromatic rings. The van der Waals surface area contributed by atoms with E-state index in [4.69, 9.17) is 5.10 Å². The van der Waals surface area contributed by atoms with Gasteiger partial charge >= 0.3 is 0 Å². The van der Waals surface area contributed by atoms with Gasteiger partial charge in [-0.1, -0.05) is 53.7 Å². The van der Waals surface area contributed by atoms with Gasteiger partial charge in [0.05, 0.1) is 33.9 Å². The van der Waals surface area contributed by atoms with Crippen LogP contribution in [0.5, 0.6) is 0 Å². The average Bonchev–Trinajstić information content (AvgIpc) is 3.71. The molecule has 13 heteroatoms. The van der Waals surface area contributed by atoms with Crippen LogP contribution in [0.3, 0.4) is 0 Å². The van der Waals surface area contributed by atoms with Crippen LogP contribution in [0.2, 0.25) is 0 Å². The summed E-state index contributed by atoms with van der Waals surface area (Å²) in [5.41, 5.74) is 3.46. The molecule has 1 atom stereocenters. The molecule has 1 aliphatic heterocycles. The number of thioether (sulfide) groups is 1. The number of hydrogen-bond donors (Lipinski definition) is 1. The van der Waals surface area contributed by atoms with E-state index in [0.29, 0.717) is 23.0 Å². The fraction of sp³-hybridized carbons (Fsp3) is 0.250. The van der Waals surface area contributed by atoms with Gasteiger partial charge in [-0.05, 0) is 36.9 Å². The lowest BCUT2D eigenvalue weighted by atomic mass is 10.00. The standard InChI is InChI=1S/C28H27N7O4S2/c1-17-9-11-19(12-10-17)23-14-21(24-8-5-13-40-24)32-34(23)26(36)16-41-28-31-30-25(33(28)3)15-29-27(37)20-6-4-7-22(18(20)2)35(38)39/h4-13,23H,14-16H2,1-3H3,(H,29,37)/t23-/m0/s1. The van der Waals surface area contributed by atoms with E-state index in [9.17, 15) is 19.7 Å². The Labute approximate surface area is 244 Å². The smallest absolute Gasteiger partial charge is 0.273 e. The second kappa shape index (κ2) is 12.0. The molecule has 1 aliphatic rings. The first kappa shape index (κ1) is 28.2. The Hall–Kier alpha value is -4.36. The minimum absolute atomic E-state index is 0.0645. The molecule has 0 bridgehead atoms. The molecule has 0 radical (unpaired) electrons. The number of carbonyl (C=O) groups excluding carboxylic acids is 2. The topological polar surface area (TPSA) is 136 Å². The number of thiophene rings is 1. The van der Waals surface area contributed by atoms with Gasteiger partial charge in [-0.2, -0.15) is 5.10 Å². The molecule has 210 valence electrons. The number of hydrazone groups is 1. The van der Waals surface area contributed by atoms with Gasteiger partial charge in [0.1, 0.15) is 0 Å². The largest absolute Gasteiger partial charge is 0.345 e. The Morgan fingerprint density at radius 1 is 1.12 bits per heavy atom. The molecule has 2 aromatic heterocycles. The van der Waals surface area contributed by atoms with Crippen LogP contribution in [-0.4, -0.2) is 48.0 Å². The molecule has 1 N–H and O–H groups in total. The quantitative estimate of drug-likeness (QED) is 0.168. The highest BCUT2D eigenvalue weighted by Crippen LogP contribution is 2.34. The van der Waals surface area contributed by atoms with Crippen molar-refractivity contribution in [1.82, 2.24) is 25.1 Å². The molecule has 3 heterocycles. The van der Waals surface area contributed by atoms with Crippen LogP contribution in [0.1, 0.15) is 50.2 Å². The number of aromatic nitrogens is 3. The predicted octanol–water partition coefficient (Wildman–Crippen LogP) is 4.80. The maximum absolute atomic E-state index is 13.4. The summed E-state index contributed by atoms with van der Waals surface area (Å²) in [5, 5.41) is 31.1. The maximum atomic E-state index is 13.4.